The minimum atomic E-state index is 0.0705. The number of aromatic amines is 1. The molecule has 0 bridgehead atoms. The van der Waals surface area contributed by atoms with Gasteiger partial charge < -0.3 is 15.2 Å². The van der Waals surface area contributed by atoms with Gasteiger partial charge in [-0.1, -0.05) is 0 Å². The number of aromatic nitrogens is 3. The molecule has 3 aromatic rings. The van der Waals surface area contributed by atoms with Crippen LogP contribution in [0.4, 0.5) is 5.69 Å². The lowest BCUT2D eigenvalue weighted by Gasteiger charge is -2.34. The maximum atomic E-state index is 12.5. The normalized spacial score (nSPS) is 21.0. The highest BCUT2D eigenvalue weighted by molar-refractivity contribution is 6.10. The van der Waals surface area contributed by atoms with Crippen molar-refractivity contribution in [3.63, 3.8) is 0 Å². The molecule has 1 aliphatic carbocycles. The van der Waals surface area contributed by atoms with Crippen molar-refractivity contribution in [2.75, 3.05) is 18.0 Å². The minimum absolute atomic E-state index is 0.0705. The van der Waals surface area contributed by atoms with E-state index in [1.807, 2.05) is 18.6 Å². The highest BCUT2D eigenvalue weighted by Crippen LogP contribution is 2.33. The average molecular weight is 335 g/mol. The van der Waals surface area contributed by atoms with E-state index >= 15 is 0 Å². The van der Waals surface area contributed by atoms with Gasteiger partial charge in [0.15, 0.2) is 0 Å². The van der Waals surface area contributed by atoms with Crippen LogP contribution in [0.5, 0.6) is 0 Å². The molecule has 0 radical (unpaired) electrons. The van der Waals surface area contributed by atoms with E-state index in [9.17, 15) is 4.79 Å². The number of amides is 1. The van der Waals surface area contributed by atoms with Crippen molar-refractivity contribution < 1.29 is 4.79 Å². The summed E-state index contributed by atoms with van der Waals surface area (Å²) in [6.45, 7) is 1.74. The van der Waals surface area contributed by atoms with Crippen molar-refractivity contribution in [3.8, 4) is 0 Å². The van der Waals surface area contributed by atoms with Gasteiger partial charge in [-0.25, -0.2) is 4.98 Å². The summed E-state index contributed by atoms with van der Waals surface area (Å²) >= 11 is 0. The number of carbonyl (C=O) groups is 1. The predicted molar refractivity (Wildman–Crippen MR) is 97.5 cm³/mol. The van der Waals surface area contributed by atoms with Crippen molar-refractivity contribution in [2.45, 2.75) is 31.7 Å². The number of nitrogens with one attached hydrogen (secondary N) is 2. The van der Waals surface area contributed by atoms with E-state index in [4.69, 9.17) is 0 Å². The van der Waals surface area contributed by atoms with Crippen LogP contribution in [0, 0.1) is 5.92 Å². The van der Waals surface area contributed by atoms with Gasteiger partial charge in [-0.05, 0) is 37.8 Å². The first-order valence-corrected chi connectivity index (χ1v) is 9.06. The molecule has 5 rings (SSSR count). The number of piperidine rings is 1. The second-order valence-electron chi connectivity index (χ2n) is 7.16. The topological polar surface area (TPSA) is 73.9 Å². The minimum Gasteiger partial charge on any atom is -0.370 e. The van der Waals surface area contributed by atoms with Gasteiger partial charge in [0.1, 0.15) is 5.65 Å². The van der Waals surface area contributed by atoms with Crippen LogP contribution < -0.4 is 10.2 Å². The van der Waals surface area contributed by atoms with Gasteiger partial charge >= 0.3 is 0 Å². The number of pyridine rings is 2. The van der Waals surface area contributed by atoms with Gasteiger partial charge in [0.25, 0.3) is 0 Å². The van der Waals surface area contributed by atoms with Crippen LogP contribution in [-0.4, -0.2) is 40.0 Å². The van der Waals surface area contributed by atoms with Gasteiger partial charge in [-0.2, -0.15) is 0 Å². The molecule has 2 aliphatic rings. The van der Waals surface area contributed by atoms with Crippen LogP contribution >= 0.6 is 0 Å². The van der Waals surface area contributed by atoms with E-state index in [-0.39, 0.29) is 11.8 Å². The summed E-state index contributed by atoms with van der Waals surface area (Å²) in [5, 5.41) is 5.38. The highest BCUT2D eigenvalue weighted by atomic mass is 16.2. The van der Waals surface area contributed by atoms with E-state index in [2.05, 4.69) is 37.3 Å². The first kappa shape index (κ1) is 14.7. The number of carbonyl (C=O) groups excluding carboxylic acids is 1. The maximum Gasteiger partial charge on any atom is 0.225 e. The van der Waals surface area contributed by atoms with E-state index in [0.717, 1.165) is 66.4 Å². The third-order valence-corrected chi connectivity index (χ3v) is 5.33. The zero-order valence-electron chi connectivity index (χ0n) is 14.0. The molecule has 4 heterocycles. The van der Waals surface area contributed by atoms with Crippen LogP contribution in [-0.2, 0) is 4.79 Å². The third-order valence-electron chi connectivity index (χ3n) is 5.33. The molecule has 6 nitrogen and oxygen atoms in total. The van der Waals surface area contributed by atoms with Crippen LogP contribution in [0.15, 0.2) is 30.7 Å². The number of fused-ring (bicyclic) bond motifs is 3. The van der Waals surface area contributed by atoms with Gasteiger partial charge in [0, 0.05) is 48.0 Å². The predicted octanol–water partition coefficient (Wildman–Crippen LogP) is 2.61. The Morgan fingerprint density at radius 2 is 2.16 bits per heavy atom. The number of anilines is 1. The first-order valence-electron chi connectivity index (χ1n) is 9.06. The summed E-state index contributed by atoms with van der Waals surface area (Å²) in [4.78, 5) is 26.9. The second kappa shape index (κ2) is 5.72. The molecular weight excluding hydrogens is 314 g/mol. The van der Waals surface area contributed by atoms with Crippen molar-refractivity contribution in [1.29, 1.82) is 0 Å². The summed E-state index contributed by atoms with van der Waals surface area (Å²) in [6.07, 6.45) is 9.85. The molecular formula is C19H21N5O. The molecule has 25 heavy (non-hydrogen) atoms. The molecule has 1 saturated carbocycles. The maximum absolute atomic E-state index is 12.5. The molecule has 0 spiro atoms. The quantitative estimate of drug-likeness (QED) is 0.771. The van der Waals surface area contributed by atoms with Crippen molar-refractivity contribution >= 4 is 33.5 Å². The fourth-order valence-electron chi connectivity index (χ4n) is 3.86. The number of H-pyrrole nitrogens is 1. The number of rotatable bonds is 3. The van der Waals surface area contributed by atoms with Crippen molar-refractivity contribution in [3.05, 3.63) is 30.7 Å². The Hall–Kier alpha value is -2.63. The highest BCUT2D eigenvalue weighted by Gasteiger charge is 2.31. The number of hydrogen-bond donors (Lipinski definition) is 2. The Labute approximate surface area is 145 Å². The molecule has 1 aliphatic heterocycles. The Bertz CT molecular complexity index is 945. The zero-order chi connectivity index (χ0) is 16.8. The van der Waals surface area contributed by atoms with Crippen LogP contribution in [0.3, 0.4) is 0 Å². The van der Waals surface area contributed by atoms with Gasteiger partial charge in [0.05, 0.1) is 17.6 Å². The fraction of sp³-hybridized carbons (Fsp3) is 0.421. The zero-order valence-corrected chi connectivity index (χ0v) is 14.0. The molecule has 1 amide bonds. The second-order valence-corrected chi connectivity index (χ2v) is 7.16. The Balaban J connectivity index is 1.51. The summed E-state index contributed by atoms with van der Waals surface area (Å²) in [5.41, 5.74) is 2.93. The Morgan fingerprint density at radius 1 is 1.24 bits per heavy atom. The molecule has 2 N–H and O–H groups in total. The van der Waals surface area contributed by atoms with Crippen LogP contribution in [0.2, 0.25) is 0 Å². The standard InChI is InChI=1S/C19H21N5O/c25-19(23-13-3-4-13)12-2-1-9-24(11-12)16-6-8-20-15-10-22-18-14(17(15)16)5-7-21-18/h5-8,10,12-13H,1-4,9,11H2,(H,21,22)(H,23,25)/t12-/m1/s1. The molecule has 0 aromatic carbocycles. The Morgan fingerprint density at radius 3 is 3.04 bits per heavy atom. The lowest BCUT2D eigenvalue weighted by Crippen LogP contribution is -2.43. The SMILES string of the molecule is O=C(NC1CC1)[C@@H]1CCCN(c2ccnc3cnc4[nH]ccc4c23)C1. The van der Waals surface area contributed by atoms with Crippen molar-refractivity contribution in [1.82, 2.24) is 20.3 Å². The van der Waals surface area contributed by atoms with E-state index in [0.29, 0.717) is 6.04 Å². The first-order chi connectivity index (χ1) is 12.3. The van der Waals surface area contributed by atoms with Crippen LogP contribution in [0.25, 0.3) is 21.9 Å². The van der Waals surface area contributed by atoms with Crippen LogP contribution in [0.1, 0.15) is 25.7 Å². The number of nitrogens with zero attached hydrogens (tertiary/aromatic N) is 3. The third kappa shape index (κ3) is 2.62. The molecule has 1 saturated heterocycles. The summed E-state index contributed by atoms with van der Waals surface area (Å²) < 4.78 is 0. The van der Waals surface area contributed by atoms with Gasteiger partial charge in [-0.3, -0.25) is 9.78 Å². The molecule has 3 aromatic heterocycles. The van der Waals surface area contributed by atoms with E-state index in [1.54, 1.807) is 0 Å². The summed E-state index contributed by atoms with van der Waals surface area (Å²) in [6, 6.07) is 4.54. The molecule has 2 fully saturated rings. The van der Waals surface area contributed by atoms with Gasteiger partial charge in [0.2, 0.25) is 5.91 Å². The average Bonchev–Trinajstić information content (AvgIpc) is 3.33. The molecule has 1 atom stereocenters. The van der Waals surface area contributed by atoms with E-state index < -0.39 is 0 Å². The van der Waals surface area contributed by atoms with E-state index in [1.165, 1.54) is 0 Å². The van der Waals surface area contributed by atoms with Crippen molar-refractivity contribution in [2.24, 2.45) is 5.92 Å². The largest absolute Gasteiger partial charge is 0.370 e. The summed E-state index contributed by atoms with van der Waals surface area (Å²) in [7, 11) is 0. The Kier molecular flexibility index (Phi) is 3.36. The fourth-order valence-corrected chi connectivity index (χ4v) is 3.86. The molecule has 6 heteroatoms. The number of hydrogen-bond acceptors (Lipinski definition) is 4. The lowest BCUT2D eigenvalue weighted by molar-refractivity contribution is -0.125. The smallest absolute Gasteiger partial charge is 0.225 e. The lowest BCUT2D eigenvalue weighted by atomic mass is 9.96. The molecule has 128 valence electrons. The monoisotopic (exact) mass is 335 g/mol. The molecule has 0 unspecified atom stereocenters. The summed E-state index contributed by atoms with van der Waals surface area (Å²) in [5.74, 6) is 0.292. The van der Waals surface area contributed by atoms with Gasteiger partial charge in [-0.15, -0.1) is 0 Å².